The van der Waals surface area contributed by atoms with Crippen LogP contribution in [0.15, 0.2) is 66.2 Å². The van der Waals surface area contributed by atoms with Crippen molar-refractivity contribution in [3.8, 4) is 11.5 Å². The zero-order valence-electron chi connectivity index (χ0n) is 27.9. The Kier molecular flexibility index (Phi) is 6.41. The topological polar surface area (TPSA) is 41.9 Å². The van der Waals surface area contributed by atoms with Crippen molar-refractivity contribution in [2.45, 2.75) is 116 Å². The predicted octanol–water partition coefficient (Wildman–Crippen LogP) is 8.79. The maximum atomic E-state index is 10.5. The summed E-state index contributed by atoms with van der Waals surface area (Å²) in [6.07, 6.45) is 13.7. The summed E-state index contributed by atoms with van der Waals surface area (Å²) in [7, 11) is 0. The highest BCUT2D eigenvalue weighted by atomic mass is 16.5. The Hall–Kier alpha value is -2.14. The molecule has 45 heavy (non-hydrogen) atoms. The van der Waals surface area contributed by atoms with Gasteiger partial charge in [-0.2, -0.15) is 0 Å². The monoisotopic (exact) mass is 607 g/mol. The number of aliphatic hydroxyl groups excluding tert-OH is 1. The molecule has 2 spiro atoms. The van der Waals surface area contributed by atoms with Gasteiger partial charge >= 0.3 is 0 Å². The van der Waals surface area contributed by atoms with Gasteiger partial charge in [0.1, 0.15) is 11.5 Å². The Morgan fingerprint density at radius 1 is 0.933 bits per heavy atom. The highest BCUT2D eigenvalue weighted by Crippen LogP contribution is 2.84. The largest absolute Gasteiger partial charge is 0.457 e. The molecule has 2 heterocycles. The number of piperidine rings is 1. The number of rotatable bonds is 4. The maximum Gasteiger partial charge on any atom is 0.127 e. The Morgan fingerprint density at radius 3 is 2.51 bits per heavy atom. The number of ether oxygens (including phenoxy) is 2. The number of benzene rings is 2. The van der Waals surface area contributed by atoms with Crippen LogP contribution in [0.25, 0.3) is 0 Å². The molecule has 0 radical (unpaired) electrons. The van der Waals surface area contributed by atoms with Gasteiger partial charge in [-0.15, -0.1) is 0 Å². The van der Waals surface area contributed by atoms with E-state index in [1.807, 2.05) is 30.3 Å². The van der Waals surface area contributed by atoms with Gasteiger partial charge in [-0.3, -0.25) is 4.90 Å². The lowest BCUT2D eigenvalue weighted by Gasteiger charge is -2.73. The van der Waals surface area contributed by atoms with Crippen LogP contribution in [0.4, 0.5) is 0 Å². The zero-order valence-corrected chi connectivity index (χ0v) is 27.9. The first kappa shape index (κ1) is 29.0. The van der Waals surface area contributed by atoms with E-state index < -0.39 is 0 Å². The molecule has 2 saturated heterocycles. The van der Waals surface area contributed by atoms with Crippen molar-refractivity contribution in [1.82, 2.24) is 4.90 Å². The third kappa shape index (κ3) is 3.94. The van der Waals surface area contributed by atoms with Gasteiger partial charge in [0.05, 0.1) is 17.8 Å². The second-order valence-electron chi connectivity index (χ2n) is 17.3. The Balaban J connectivity index is 0.960. The van der Waals surface area contributed by atoms with Crippen LogP contribution < -0.4 is 4.74 Å². The summed E-state index contributed by atoms with van der Waals surface area (Å²) in [5.74, 6) is 5.37. The molecule has 0 amide bonds. The van der Waals surface area contributed by atoms with Crippen LogP contribution in [0.2, 0.25) is 0 Å². The number of likely N-dealkylation sites (tertiary alicyclic amines) is 1. The lowest BCUT2D eigenvalue weighted by molar-refractivity contribution is -0.294. The average molecular weight is 608 g/mol. The van der Waals surface area contributed by atoms with Gasteiger partial charge in [-0.25, -0.2) is 0 Å². The predicted molar refractivity (Wildman–Crippen MR) is 178 cm³/mol. The van der Waals surface area contributed by atoms with Crippen molar-refractivity contribution in [2.24, 2.45) is 45.8 Å². The number of aliphatic hydroxyl groups is 1. The molecule has 2 aromatic carbocycles. The highest BCUT2D eigenvalue weighted by Gasteiger charge is 2.81. The number of para-hydroxylation sites is 1. The molecule has 12 atom stereocenters. The summed E-state index contributed by atoms with van der Waals surface area (Å²) >= 11 is 0. The van der Waals surface area contributed by atoms with Crippen molar-refractivity contribution in [2.75, 3.05) is 6.54 Å². The van der Waals surface area contributed by atoms with Crippen LogP contribution in [-0.2, 0) is 11.3 Å². The van der Waals surface area contributed by atoms with Crippen LogP contribution in [0, 0.1) is 45.8 Å². The highest BCUT2D eigenvalue weighted by molar-refractivity contribution is 5.36. The lowest BCUT2D eigenvalue weighted by Crippen LogP contribution is -2.71. The molecule has 3 unspecified atom stereocenters. The molecule has 8 aliphatic rings. The Labute approximate surface area is 270 Å². The van der Waals surface area contributed by atoms with Gasteiger partial charge in [0.15, 0.2) is 0 Å². The molecule has 5 saturated carbocycles. The van der Waals surface area contributed by atoms with Crippen molar-refractivity contribution in [1.29, 1.82) is 0 Å². The van der Waals surface area contributed by atoms with Gasteiger partial charge in [-0.1, -0.05) is 69.7 Å². The molecule has 1 N–H and O–H groups in total. The molecule has 4 nitrogen and oxygen atoms in total. The second kappa shape index (κ2) is 9.94. The van der Waals surface area contributed by atoms with Crippen LogP contribution in [0.3, 0.4) is 0 Å². The molecule has 7 fully saturated rings. The average Bonchev–Trinajstić information content (AvgIpc) is 3.47. The fourth-order valence-corrected chi connectivity index (χ4v) is 13.5. The molecule has 2 aliphatic heterocycles. The Bertz CT molecular complexity index is 1490. The molecule has 2 aromatic rings. The van der Waals surface area contributed by atoms with Crippen molar-refractivity contribution >= 4 is 0 Å². The molecule has 6 aliphatic carbocycles. The SMILES string of the molecule is C[C@H]1C[C@H]2O[C@]3(CCC45CC3(C)C4C[C@H]3[C@H]5CC=C4C[C@@H](O)CC[C@@]43C)[C@H](C)[C@@H]2N(Cc2ccc(Oc3ccccc3)cc2)C1. The molecule has 0 aromatic heterocycles. The molecule has 10 rings (SSSR count). The van der Waals surface area contributed by atoms with Crippen LogP contribution in [0.5, 0.6) is 11.5 Å². The van der Waals surface area contributed by atoms with Crippen molar-refractivity contribution in [3.05, 3.63) is 71.8 Å². The zero-order chi connectivity index (χ0) is 30.8. The molecule has 240 valence electrons. The number of allylic oxidation sites excluding steroid dienone is 1. The molecular weight excluding hydrogens is 554 g/mol. The standard InChI is InChI=1S/C41H53NO3/c1-26-20-35-37(42(23-26)24-28-10-13-32(14-11-28)44-31-8-6-5-7-9-31)27(2)41(45-35)19-18-40-25-39(41,4)36(40)22-34-33(40)15-12-29-21-30(43)16-17-38(29,34)3/h5-14,26-27,30,33-37,43H,15-25H2,1-4H3/t26-,27+,30-,33+,34-,35+,36?,37-,38-,39?,40?,41+/m0/s1. The number of hydrogen-bond acceptors (Lipinski definition) is 4. The van der Waals surface area contributed by atoms with Crippen LogP contribution in [0.1, 0.15) is 91.0 Å². The third-order valence-electron chi connectivity index (χ3n) is 15.3. The van der Waals surface area contributed by atoms with E-state index in [9.17, 15) is 5.11 Å². The summed E-state index contributed by atoms with van der Waals surface area (Å²) in [4.78, 5) is 2.80. The van der Waals surface area contributed by atoms with E-state index in [1.165, 1.54) is 50.5 Å². The maximum absolute atomic E-state index is 10.5. The van der Waals surface area contributed by atoms with Gasteiger partial charge < -0.3 is 14.6 Å². The summed E-state index contributed by atoms with van der Waals surface area (Å²) in [5.41, 5.74) is 4.06. The summed E-state index contributed by atoms with van der Waals surface area (Å²) in [6.45, 7) is 12.4. The first-order chi connectivity index (χ1) is 21.7. The van der Waals surface area contributed by atoms with E-state index in [-0.39, 0.29) is 17.1 Å². The van der Waals surface area contributed by atoms with E-state index in [2.05, 4.69) is 62.9 Å². The summed E-state index contributed by atoms with van der Waals surface area (Å²) in [6, 6.07) is 19.3. The van der Waals surface area contributed by atoms with E-state index in [1.54, 1.807) is 5.57 Å². The molecule has 2 bridgehead atoms. The number of fused-ring (bicyclic) bond motifs is 5. The van der Waals surface area contributed by atoms with Gasteiger partial charge in [0, 0.05) is 30.5 Å². The van der Waals surface area contributed by atoms with Crippen LogP contribution >= 0.6 is 0 Å². The quantitative estimate of drug-likeness (QED) is 0.353. The second-order valence-corrected chi connectivity index (χ2v) is 17.3. The number of hydrogen-bond donors (Lipinski definition) is 1. The third-order valence-corrected chi connectivity index (χ3v) is 15.3. The normalized spacial score (nSPS) is 48.1. The van der Waals surface area contributed by atoms with Crippen LogP contribution in [-0.4, -0.2) is 40.4 Å². The smallest absolute Gasteiger partial charge is 0.127 e. The van der Waals surface area contributed by atoms with E-state index >= 15 is 0 Å². The minimum Gasteiger partial charge on any atom is -0.457 e. The molecule has 4 heteroatoms. The van der Waals surface area contributed by atoms with Gasteiger partial charge in [-0.05, 0) is 122 Å². The van der Waals surface area contributed by atoms with Gasteiger partial charge in [0.25, 0.3) is 0 Å². The van der Waals surface area contributed by atoms with Gasteiger partial charge in [0.2, 0.25) is 0 Å². The first-order valence-corrected chi connectivity index (χ1v) is 18.3. The van der Waals surface area contributed by atoms with E-state index in [0.29, 0.717) is 34.8 Å². The minimum absolute atomic E-state index is 0.00213. The summed E-state index contributed by atoms with van der Waals surface area (Å²) in [5, 5.41) is 10.5. The van der Waals surface area contributed by atoms with E-state index in [4.69, 9.17) is 9.47 Å². The minimum atomic E-state index is -0.126. The Morgan fingerprint density at radius 2 is 1.71 bits per heavy atom. The fourth-order valence-electron chi connectivity index (χ4n) is 13.5. The first-order valence-electron chi connectivity index (χ1n) is 18.3. The van der Waals surface area contributed by atoms with Crippen molar-refractivity contribution < 1.29 is 14.6 Å². The van der Waals surface area contributed by atoms with E-state index in [0.717, 1.165) is 55.2 Å². The molecular formula is C41H53NO3. The fraction of sp³-hybridized carbons (Fsp3) is 0.659. The number of nitrogens with zero attached hydrogens (tertiary/aromatic N) is 1. The van der Waals surface area contributed by atoms with Crippen molar-refractivity contribution in [3.63, 3.8) is 0 Å². The summed E-state index contributed by atoms with van der Waals surface area (Å²) < 4.78 is 13.7. The lowest BCUT2D eigenvalue weighted by atomic mass is 9.33.